The van der Waals surface area contributed by atoms with Gasteiger partial charge in [0.2, 0.25) is 5.95 Å². The van der Waals surface area contributed by atoms with Gasteiger partial charge in [0.15, 0.2) is 0 Å². The van der Waals surface area contributed by atoms with Crippen LogP contribution in [0.1, 0.15) is 31.1 Å². The maximum absolute atomic E-state index is 5.52. The first-order valence-electron chi connectivity index (χ1n) is 6.71. The molecule has 2 aromatic rings. The van der Waals surface area contributed by atoms with E-state index >= 15 is 0 Å². The molecule has 5 nitrogen and oxygen atoms in total. The molecule has 1 aromatic carbocycles. The smallest absolute Gasteiger partial charge is 0.225 e. The van der Waals surface area contributed by atoms with Gasteiger partial charge in [0, 0.05) is 12.7 Å². The number of rotatable bonds is 1. The monoisotopic (exact) mass is 275 g/mol. The number of anilines is 2. The zero-order chi connectivity index (χ0) is 15.5. The molecule has 0 saturated heterocycles. The van der Waals surface area contributed by atoms with Crippen molar-refractivity contribution in [2.24, 2.45) is 0 Å². The highest BCUT2D eigenvalue weighted by atomic mass is 15.1. The maximum Gasteiger partial charge on any atom is 0.225 e. The fourth-order valence-corrected chi connectivity index (χ4v) is 1.31. The molecule has 3 N–H and O–H groups in total. The predicted molar refractivity (Wildman–Crippen MR) is 85.8 cm³/mol. The van der Waals surface area contributed by atoms with Crippen molar-refractivity contribution in [1.29, 1.82) is 0 Å². The minimum Gasteiger partial charge on any atom is -0.399 e. The number of benzene rings is 1. The standard InChI is InChI=1S/C7H9N.C6H10N4.C2H6/c1-6-4-2-3-5-7(6)8;1-4-8-5(2)10-6(7-3)9-4;1-2/h2-5H,8H2,1H3;1-3H3,(H,7,8,9,10);1-2H3. The second kappa shape index (κ2) is 9.72. The van der Waals surface area contributed by atoms with Crippen molar-refractivity contribution in [2.45, 2.75) is 34.6 Å². The topological polar surface area (TPSA) is 76.7 Å². The number of para-hydroxylation sites is 1. The molecule has 0 aliphatic heterocycles. The second-order valence-electron chi connectivity index (χ2n) is 3.86. The van der Waals surface area contributed by atoms with Crippen LogP contribution in [-0.4, -0.2) is 22.0 Å². The molecule has 1 aromatic heterocycles. The lowest BCUT2D eigenvalue weighted by molar-refractivity contribution is 0.924. The molecule has 0 aliphatic carbocycles. The first-order chi connectivity index (χ1) is 9.52. The number of nitrogens with two attached hydrogens (primary N) is 1. The maximum atomic E-state index is 5.52. The Morgan fingerprint density at radius 2 is 1.40 bits per heavy atom. The third kappa shape index (κ3) is 6.68. The molecule has 0 amide bonds. The molecule has 0 radical (unpaired) electrons. The number of nitrogen functional groups attached to an aromatic ring is 1. The number of aryl methyl sites for hydroxylation is 3. The summed E-state index contributed by atoms with van der Waals surface area (Å²) < 4.78 is 0. The Hall–Kier alpha value is -2.17. The van der Waals surface area contributed by atoms with Gasteiger partial charge < -0.3 is 11.1 Å². The van der Waals surface area contributed by atoms with E-state index in [4.69, 9.17) is 5.73 Å². The molecule has 0 atom stereocenters. The van der Waals surface area contributed by atoms with Crippen LogP contribution in [0.15, 0.2) is 24.3 Å². The third-order valence-electron chi connectivity index (χ3n) is 2.27. The van der Waals surface area contributed by atoms with Crippen LogP contribution < -0.4 is 11.1 Å². The van der Waals surface area contributed by atoms with Crippen LogP contribution in [0.5, 0.6) is 0 Å². The summed E-state index contributed by atoms with van der Waals surface area (Å²) in [7, 11) is 1.79. The van der Waals surface area contributed by atoms with Gasteiger partial charge in [0.1, 0.15) is 11.6 Å². The first kappa shape index (κ1) is 17.8. The molecular formula is C15H25N5. The predicted octanol–water partition coefficient (Wildman–Crippen LogP) is 3.13. The quantitative estimate of drug-likeness (QED) is 0.782. The van der Waals surface area contributed by atoms with Crippen molar-refractivity contribution in [2.75, 3.05) is 18.1 Å². The fraction of sp³-hybridized carbons (Fsp3) is 0.400. The van der Waals surface area contributed by atoms with Crippen LogP contribution in [0.4, 0.5) is 11.6 Å². The molecule has 0 saturated carbocycles. The molecule has 0 spiro atoms. The SMILES string of the molecule is CC.CNc1nc(C)nc(C)n1.Cc1ccccc1N. The van der Waals surface area contributed by atoms with E-state index in [0.717, 1.165) is 22.9 Å². The van der Waals surface area contributed by atoms with Crippen molar-refractivity contribution in [1.82, 2.24) is 15.0 Å². The number of hydrogen-bond donors (Lipinski definition) is 2. The van der Waals surface area contributed by atoms with Gasteiger partial charge in [-0.05, 0) is 32.4 Å². The van der Waals surface area contributed by atoms with Gasteiger partial charge in [0.05, 0.1) is 0 Å². The largest absolute Gasteiger partial charge is 0.399 e. The summed E-state index contributed by atoms with van der Waals surface area (Å²) in [5.74, 6) is 2.12. The van der Waals surface area contributed by atoms with Crippen molar-refractivity contribution >= 4 is 11.6 Å². The van der Waals surface area contributed by atoms with Crippen LogP contribution in [0.3, 0.4) is 0 Å². The van der Waals surface area contributed by atoms with E-state index in [1.807, 2.05) is 58.9 Å². The van der Waals surface area contributed by atoms with E-state index in [-0.39, 0.29) is 0 Å². The van der Waals surface area contributed by atoms with E-state index in [1.54, 1.807) is 7.05 Å². The van der Waals surface area contributed by atoms with Gasteiger partial charge in [-0.2, -0.15) is 9.97 Å². The Morgan fingerprint density at radius 3 is 1.75 bits per heavy atom. The average molecular weight is 275 g/mol. The van der Waals surface area contributed by atoms with Crippen molar-refractivity contribution < 1.29 is 0 Å². The Labute approximate surface area is 121 Å². The molecule has 0 aliphatic rings. The number of nitrogens with one attached hydrogen (secondary N) is 1. The third-order valence-corrected chi connectivity index (χ3v) is 2.27. The van der Waals surface area contributed by atoms with Crippen LogP contribution in [0.25, 0.3) is 0 Å². The lowest BCUT2D eigenvalue weighted by Crippen LogP contribution is -2.01. The highest BCUT2D eigenvalue weighted by Gasteiger charge is 1.95. The molecule has 5 heteroatoms. The molecule has 1 heterocycles. The Kier molecular flexibility index (Phi) is 8.67. The molecule has 20 heavy (non-hydrogen) atoms. The Morgan fingerprint density at radius 1 is 0.900 bits per heavy atom. The fourth-order valence-electron chi connectivity index (χ4n) is 1.31. The van der Waals surface area contributed by atoms with E-state index in [0.29, 0.717) is 5.95 Å². The van der Waals surface area contributed by atoms with Gasteiger partial charge in [0.25, 0.3) is 0 Å². The van der Waals surface area contributed by atoms with Crippen LogP contribution in [0.2, 0.25) is 0 Å². The van der Waals surface area contributed by atoms with Crippen LogP contribution in [-0.2, 0) is 0 Å². The highest BCUT2D eigenvalue weighted by molar-refractivity contribution is 5.44. The lowest BCUT2D eigenvalue weighted by atomic mass is 10.2. The molecule has 0 unspecified atom stereocenters. The summed E-state index contributed by atoms with van der Waals surface area (Å²) in [6.45, 7) is 9.68. The Balaban J connectivity index is 0.000000327. The number of hydrogen-bond acceptors (Lipinski definition) is 5. The molecule has 0 fully saturated rings. The van der Waals surface area contributed by atoms with Gasteiger partial charge in [-0.15, -0.1) is 0 Å². The van der Waals surface area contributed by atoms with E-state index in [2.05, 4.69) is 20.3 Å². The normalized spacial score (nSPS) is 8.70. The van der Waals surface area contributed by atoms with Gasteiger partial charge in [-0.1, -0.05) is 32.0 Å². The minimum absolute atomic E-state index is 0.630. The Bertz CT molecular complexity index is 470. The first-order valence-corrected chi connectivity index (χ1v) is 6.71. The summed E-state index contributed by atoms with van der Waals surface area (Å²) in [4.78, 5) is 12.1. The molecule has 110 valence electrons. The molecule has 2 rings (SSSR count). The van der Waals surface area contributed by atoms with Crippen LogP contribution in [0, 0.1) is 20.8 Å². The molecular weight excluding hydrogens is 250 g/mol. The second-order valence-corrected chi connectivity index (χ2v) is 3.86. The summed E-state index contributed by atoms with van der Waals surface area (Å²) >= 11 is 0. The van der Waals surface area contributed by atoms with E-state index in [1.165, 1.54) is 0 Å². The number of aromatic nitrogens is 3. The molecule has 0 bridgehead atoms. The zero-order valence-corrected chi connectivity index (χ0v) is 13.2. The summed E-state index contributed by atoms with van der Waals surface area (Å²) in [6.07, 6.45) is 0. The number of nitrogens with zero attached hydrogens (tertiary/aromatic N) is 3. The van der Waals surface area contributed by atoms with Gasteiger partial charge in [-0.3, -0.25) is 0 Å². The van der Waals surface area contributed by atoms with Gasteiger partial charge >= 0.3 is 0 Å². The van der Waals surface area contributed by atoms with Crippen LogP contribution >= 0.6 is 0 Å². The van der Waals surface area contributed by atoms with Crippen molar-refractivity contribution in [3.05, 3.63) is 41.5 Å². The van der Waals surface area contributed by atoms with Crippen molar-refractivity contribution in [3.63, 3.8) is 0 Å². The summed E-state index contributed by atoms with van der Waals surface area (Å²) in [6, 6.07) is 7.80. The summed E-state index contributed by atoms with van der Waals surface area (Å²) in [5.41, 5.74) is 7.53. The van der Waals surface area contributed by atoms with E-state index < -0.39 is 0 Å². The summed E-state index contributed by atoms with van der Waals surface area (Å²) in [5, 5.41) is 2.85. The highest BCUT2D eigenvalue weighted by Crippen LogP contribution is 2.06. The van der Waals surface area contributed by atoms with Crippen molar-refractivity contribution in [3.8, 4) is 0 Å². The lowest BCUT2D eigenvalue weighted by Gasteiger charge is -1.98. The zero-order valence-electron chi connectivity index (χ0n) is 13.2. The minimum atomic E-state index is 0.630. The van der Waals surface area contributed by atoms with Gasteiger partial charge in [-0.25, -0.2) is 4.98 Å². The van der Waals surface area contributed by atoms with E-state index in [9.17, 15) is 0 Å². The average Bonchev–Trinajstić information content (AvgIpc) is 2.44.